The third-order valence-corrected chi connectivity index (χ3v) is 9.67. The molecule has 2 aliphatic rings. The monoisotopic (exact) mass is 599 g/mol. The maximum absolute atomic E-state index is 12.8. The number of rotatable bonds is 13. The zero-order valence-electron chi connectivity index (χ0n) is 24.0. The Kier molecular flexibility index (Phi) is 9.31. The van der Waals surface area contributed by atoms with Crippen molar-refractivity contribution in [3.63, 3.8) is 0 Å². The molecule has 3 aromatic heterocycles. The van der Waals surface area contributed by atoms with Crippen LogP contribution >= 0.6 is 0 Å². The van der Waals surface area contributed by atoms with Gasteiger partial charge >= 0.3 is 0 Å². The van der Waals surface area contributed by atoms with E-state index in [0.29, 0.717) is 65.5 Å². The van der Waals surface area contributed by atoms with Gasteiger partial charge < -0.3 is 20.9 Å². The van der Waals surface area contributed by atoms with E-state index in [-0.39, 0.29) is 11.8 Å². The molecule has 2 fully saturated rings. The second kappa shape index (κ2) is 13.1. The van der Waals surface area contributed by atoms with Gasteiger partial charge in [-0.15, -0.1) is 0 Å². The van der Waals surface area contributed by atoms with E-state index >= 15 is 0 Å². The van der Waals surface area contributed by atoms with Crippen LogP contribution in [0.4, 0.5) is 21.7 Å². The van der Waals surface area contributed by atoms with Crippen LogP contribution in [0.1, 0.15) is 48.9 Å². The fourth-order valence-corrected chi connectivity index (χ4v) is 6.75. The van der Waals surface area contributed by atoms with Crippen molar-refractivity contribution >= 4 is 33.3 Å². The molecule has 226 valence electrons. The molecule has 14 heteroatoms. The number of carbonyl (C=O) groups excluding carboxylic acids is 1. The molecule has 3 N–H and O–H groups in total. The number of halogens is 1. The summed E-state index contributed by atoms with van der Waals surface area (Å²) in [5.41, 5.74) is 1.40. The third kappa shape index (κ3) is 7.40. The van der Waals surface area contributed by atoms with E-state index in [9.17, 15) is 17.6 Å². The number of amides is 1. The molecular formula is C28H38FN9O3S. The smallest absolute Gasteiger partial charge is 0.256 e. The first-order valence-corrected chi connectivity index (χ1v) is 15.9. The first-order valence-electron chi connectivity index (χ1n) is 14.3. The van der Waals surface area contributed by atoms with Gasteiger partial charge in [0, 0.05) is 38.1 Å². The second-order valence-corrected chi connectivity index (χ2v) is 13.4. The van der Waals surface area contributed by atoms with E-state index in [1.54, 1.807) is 18.3 Å². The molecule has 12 nitrogen and oxygen atoms in total. The van der Waals surface area contributed by atoms with Crippen molar-refractivity contribution in [1.82, 2.24) is 34.4 Å². The number of nitrogens with one attached hydrogen (secondary N) is 3. The predicted molar refractivity (Wildman–Crippen MR) is 159 cm³/mol. The van der Waals surface area contributed by atoms with Crippen LogP contribution in [-0.4, -0.2) is 89.0 Å². The fourth-order valence-electron chi connectivity index (χ4n) is 5.27. The van der Waals surface area contributed by atoms with Crippen LogP contribution in [0.15, 0.2) is 36.9 Å². The van der Waals surface area contributed by atoms with E-state index in [1.165, 1.54) is 31.4 Å². The van der Waals surface area contributed by atoms with Crippen LogP contribution in [0.3, 0.4) is 0 Å². The first kappa shape index (κ1) is 29.8. The van der Waals surface area contributed by atoms with Crippen LogP contribution in [0, 0.1) is 11.8 Å². The van der Waals surface area contributed by atoms with Crippen LogP contribution in [0.5, 0.6) is 0 Å². The Hall–Kier alpha value is -3.65. The van der Waals surface area contributed by atoms with Gasteiger partial charge in [0.2, 0.25) is 0 Å². The van der Waals surface area contributed by atoms with Gasteiger partial charge in [0.05, 0.1) is 34.5 Å². The van der Waals surface area contributed by atoms with Crippen LogP contribution in [0.2, 0.25) is 0 Å². The Morgan fingerprint density at radius 2 is 1.83 bits per heavy atom. The Labute approximate surface area is 245 Å². The lowest BCUT2D eigenvalue weighted by Gasteiger charge is -2.30. The lowest BCUT2D eigenvalue weighted by Crippen LogP contribution is -2.29. The van der Waals surface area contributed by atoms with Gasteiger partial charge in [-0.1, -0.05) is 0 Å². The van der Waals surface area contributed by atoms with E-state index in [1.807, 2.05) is 0 Å². The normalized spacial score (nSPS) is 19.0. The highest BCUT2D eigenvalue weighted by Crippen LogP contribution is 2.31. The number of anilines is 3. The van der Waals surface area contributed by atoms with E-state index in [4.69, 9.17) is 0 Å². The molecule has 5 rings (SSSR count). The first-order chi connectivity index (χ1) is 20.2. The van der Waals surface area contributed by atoms with E-state index in [2.05, 4.69) is 55.0 Å². The van der Waals surface area contributed by atoms with Crippen molar-refractivity contribution in [2.75, 3.05) is 51.0 Å². The molecule has 0 saturated heterocycles. The van der Waals surface area contributed by atoms with Crippen molar-refractivity contribution < 1.29 is 17.6 Å². The molecule has 0 radical (unpaired) electrons. The zero-order valence-corrected chi connectivity index (χ0v) is 24.8. The molecule has 1 amide bonds. The highest BCUT2D eigenvalue weighted by molar-refractivity contribution is 7.90. The third-order valence-electron chi connectivity index (χ3n) is 7.64. The summed E-state index contributed by atoms with van der Waals surface area (Å²) in [5, 5.41) is 12.8. The average molecular weight is 600 g/mol. The highest BCUT2D eigenvalue weighted by atomic mass is 32.2. The van der Waals surface area contributed by atoms with Gasteiger partial charge in [0.1, 0.15) is 18.3 Å². The molecule has 2 aliphatic carbocycles. The number of pyridine rings is 1. The zero-order chi connectivity index (χ0) is 29.7. The largest absolute Gasteiger partial charge is 0.384 e. The van der Waals surface area contributed by atoms with Gasteiger partial charge in [-0.05, 0) is 70.5 Å². The minimum Gasteiger partial charge on any atom is -0.384 e. The SMILES string of the molecule is CN(C)CC1CCC(CNc2cc(Nc3ccnc(-c4cnn(S(=O)(=O)C5CC5)c4)n3)ncc2C(=O)NCCF)CC1. The van der Waals surface area contributed by atoms with Crippen molar-refractivity contribution in [2.24, 2.45) is 11.8 Å². The Morgan fingerprint density at radius 1 is 1.07 bits per heavy atom. The topological polar surface area (TPSA) is 147 Å². The molecule has 3 heterocycles. The highest BCUT2D eigenvalue weighted by Gasteiger charge is 2.37. The van der Waals surface area contributed by atoms with E-state index in [0.717, 1.165) is 23.5 Å². The van der Waals surface area contributed by atoms with E-state index < -0.39 is 22.6 Å². The number of carbonyl (C=O) groups is 1. The molecule has 42 heavy (non-hydrogen) atoms. The molecule has 2 saturated carbocycles. The second-order valence-electron chi connectivity index (χ2n) is 11.3. The summed E-state index contributed by atoms with van der Waals surface area (Å²) in [6.07, 6.45) is 11.8. The Bertz CT molecular complexity index is 1490. The molecule has 0 aromatic carbocycles. The fraction of sp³-hybridized carbons (Fsp3) is 0.536. The molecular weight excluding hydrogens is 561 g/mol. The van der Waals surface area contributed by atoms with Crippen molar-refractivity contribution in [2.45, 2.75) is 43.8 Å². The van der Waals surface area contributed by atoms with Crippen LogP contribution in [-0.2, 0) is 10.0 Å². The minimum absolute atomic E-state index is 0.0730. The summed E-state index contributed by atoms with van der Waals surface area (Å²) >= 11 is 0. The summed E-state index contributed by atoms with van der Waals surface area (Å²) < 4.78 is 38.7. The summed E-state index contributed by atoms with van der Waals surface area (Å²) in [7, 11) is 0.723. The summed E-state index contributed by atoms with van der Waals surface area (Å²) in [4.78, 5) is 28.2. The summed E-state index contributed by atoms with van der Waals surface area (Å²) in [6.45, 7) is 1.09. The molecule has 0 aliphatic heterocycles. The van der Waals surface area contributed by atoms with Gasteiger partial charge in [0.25, 0.3) is 15.9 Å². The molecule has 3 aromatic rings. The quantitative estimate of drug-likeness (QED) is 0.267. The lowest BCUT2D eigenvalue weighted by molar-refractivity contribution is 0.0951. The Morgan fingerprint density at radius 3 is 2.55 bits per heavy atom. The molecule has 0 spiro atoms. The maximum Gasteiger partial charge on any atom is 0.256 e. The molecule has 0 unspecified atom stereocenters. The van der Waals surface area contributed by atoms with Gasteiger partial charge in [0.15, 0.2) is 5.82 Å². The van der Waals surface area contributed by atoms with Gasteiger partial charge in [-0.25, -0.2) is 27.8 Å². The molecule has 0 bridgehead atoms. The van der Waals surface area contributed by atoms with Crippen molar-refractivity contribution in [3.8, 4) is 11.4 Å². The summed E-state index contributed by atoms with van der Waals surface area (Å²) in [5.74, 6) is 2.00. The van der Waals surface area contributed by atoms with Crippen molar-refractivity contribution in [1.29, 1.82) is 0 Å². The minimum atomic E-state index is -3.49. The summed E-state index contributed by atoms with van der Waals surface area (Å²) in [6, 6.07) is 3.40. The Balaban J connectivity index is 1.29. The number of aromatic nitrogens is 5. The number of hydrogen-bond acceptors (Lipinski definition) is 10. The van der Waals surface area contributed by atoms with Crippen LogP contribution in [0.25, 0.3) is 11.4 Å². The number of hydrogen-bond donors (Lipinski definition) is 3. The standard InChI is InChI=1S/C28H38FN9O3S/c1-37(2)17-20-5-3-19(4-6-20)14-32-24-13-26(33-16-23(24)28(39)31-12-10-29)35-25-9-11-30-27(36-25)21-15-34-38(18-21)42(40,41)22-7-8-22/h9,11,13,15-16,18-20,22H,3-8,10,12,14,17H2,1-2H3,(H,31,39)(H2,30,32,33,35,36). The van der Waals surface area contributed by atoms with Crippen LogP contribution < -0.4 is 16.0 Å². The van der Waals surface area contributed by atoms with Gasteiger partial charge in [-0.2, -0.15) is 9.19 Å². The number of nitrogens with zero attached hydrogens (tertiary/aromatic N) is 6. The maximum atomic E-state index is 12.8. The lowest BCUT2D eigenvalue weighted by atomic mass is 9.82. The van der Waals surface area contributed by atoms with Crippen molar-refractivity contribution in [3.05, 3.63) is 42.5 Å². The molecule has 0 atom stereocenters. The average Bonchev–Trinajstić information content (AvgIpc) is 3.72. The number of alkyl halides is 1. The van der Waals surface area contributed by atoms with Gasteiger partial charge in [-0.3, -0.25) is 4.79 Å². The predicted octanol–water partition coefficient (Wildman–Crippen LogP) is 3.30.